The van der Waals surface area contributed by atoms with Crippen LogP contribution in [-0.2, 0) is 0 Å². The van der Waals surface area contributed by atoms with E-state index in [0.29, 0.717) is 0 Å². The Kier molecular flexibility index (Phi) is 7.20. The molecule has 0 spiro atoms. The second-order valence-corrected chi connectivity index (χ2v) is 6.24. The lowest BCUT2D eigenvalue weighted by atomic mass is 9.89. The average molecular weight is 256 g/mol. The molecule has 0 aromatic heterocycles. The predicted molar refractivity (Wildman–Crippen MR) is 77.6 cm³/mol. The van der Waals surface area contributed by atoms with E-state index in [1.807, 2.05) is 0 Å². The Labute approximate surface area is 113 Å². The van der Waals surface area contributed by atoms with Gasteiger partial charge in [0.1, 0.15) is 0 Å². The van der Waals surface area contributed by atoms with E-state index in [0.717, 1.165) is 31.7 Å². The lowest BCUT2D eigenvalue weighted by Gasteiger charge is -2.29. The molecule has 0 heterocycles. The minimum absolute atomic E-state index is 0.107. The molecular formula is C15H32N2O. The third-order valence-electron chi connectivity index (χ3n) is 4.53. The number of aliphatic hydroxyl groups is 1. The summed E-state index contributed by atoms with van der Waals surface area (Å²) < 4.78 is 0. The van der Waals surface area contributed by atoms with Gasteiger partial charge < -0.3 is 15.7 Å². The van der Waals surface area contributed by atoms with E-state index in [1.54, 1.807) is 0 Å². The first-order valence-corrected chi connectivity index (χ1v) is 7.68. The summed E-state index contributed by atoms with van der Waals surface area (Å²) in [7, 11) is 2.22. The number of aliphatic hydroxyl groups excluding tert-OH is 1. The second kappa shape index (κ2) is 8.13. The highest BCUT2D eigenvalue weighted by Crippen LogP contribution is 2.24. The van der Waals surface area contributed by atoms with Gasteiger partial charge >= 0.3 is 0 Å². The Hall–Kier alpha value is -0.120. The van der Waals surface area contributed by atoms with E-state index in [-0.39, 0.29) is 12.1 Å². The fourth-order valence-electron chi connectivity index (χ4n) is 2.97. The van der Waals surface area contributed by atoms with Crippen molar-refractivity contribution in [1.82, 2.24) is 4.90 Å². The van der Waals surface area contributed by atoms with Crippen molar-refractivity contribution >= 4 is 0 Å². The van der Waals surface area contributed by atoms with Crippen molar-refractivity contribution in [2.45, 2.75) is 63.8 Å². The van der Waals surface area contributed by atoms with Crippen LogP contribution in [0.1, 0.15) is 58.3 Å². The third-order valence-corrected chi connectivity index (χ3v) is 4.53. The Morgan fingerprint density at radius 2 is 1.94 bits per heavy atom. The second-order valence-electron chi connectivity index (χ2n) is 6.24. The van der Waals surface area contributed by atoms with E-state index in [2.05, 4.69) is 18.9 Å². The van der Waals surface area contributed by atoms with E-state index in [1.165, 1.54) is 38.6 Å². The first kappa shape index (κ1) is 15.9. The molecule has 3 N–H and O–H groups in total. The summed E-state index contributed by atoms with van der Waals surface area (Å²) in [6.45, 7) is 4.51. The van der Waals surface area contributed by atoms with E-state index < -0.39 is 0 Å². The molecule has 0 aromatic rings. The molecular weight excluding hydrogens is 224 g/mol. The summed E-state index contributed by atoms with van der Waals surface area (Å²) in [5, 5.41) is 9.27. The molecule has 1 unspecified atom stereocenters. The van der Waals surface area contributed by atoms with Gasteiger partial charge in [-0.1, -0.05) is 26.2 Å². The molecule has 0 saturated heterocycles. The van der Waals surface area contributed by atoms with Crippen LogP contribution in [0.25, 0.3) is 0 Å². The number of rotatable bonds is 8. The minimum Gasteiger partial charge on any atom is -0.394 e. The Bertz CT molecular complexity index is 211. The van der Waals surface area contributed by atoms with Crippen LogP contribution in [0.5, 0.6) is 0 Å². The molecule has 0 radical (unpaired) electrons. The molecule has 0 aliphatic heterocycles. The van der Waals surface area contributed by atoms with Crippen molar-refractivity contribution in [2.24, 2.45) is 11.7 Å². The molecule has 3 nitrogen and oxygen atoms in total. The summed E-state index contributed by atoms with van der Waals surface area (Å²) in [6.07, 6.45) is 9.98. The highest BCUT2D eigenvalue weighted by atomic mass is 16.3. The van der Waals surface area contributed by atoms with Gasteiger partial charge in [-0.25, -0.2) is 0 Å². The topological polar surface area (TPSA) is 49.5 Å². The van der Waals surface area contributed by atoms with Crippen LogP contribution >= 0.6 is 0 Å². The maximum absolute atomic E-state index is 9.27. The monoisotopic (exact) mass is 256 g/mol. The zero-order chi connectivity index (χ0) is 13.4. The van der Waals surface area contributed by atoms with Crippen LogP contribution in [0.3, 0.4) is 0 Å². The van der Waals surface area contributed by atoms with Crippen molar-refractivity contribution in [1.29, 1.82) is 0 Å². The van der Waals surface area contributed by atoms with Gasteiger partial charge in [-0.2, -0.15) is 0 Å². The Morgan fingerprint density at radius 1 is 1.28 bits per heavy atom. The number of nitrogens with zero attached hydrogens (tertiary/aromatic N) is 1. The van der Waals surface area contributed by atoms with Crippen molar-refractivity contribution in [3.63, 3.8) is 0 Å². The summed E-state index contributed by atoms with van der Waals surface area (Å²) in [6, 6.07) is 0. The van der Waals surface area contributed by atoms with E-state index in [4.69, 9.17) is 5.73 Å². The number of hydrogen-bond donors (Lipinski definition) is 2. The summed E-state index contributed by atoms with van der Waals surface area (Å²) >= 11 is 0. The summed E-state index contributed by atoms with van der Waals surface area (Å²) in [4.78, 5) is 2.45. The quantitative estimate of drug-likeness (QED) is 0.701. The van der Waals surface area contributed by atoms with Gasteiger partial charge in [0.25, 0.3) is 0 Å². The molecule has 18 heavy (non-hydrogen) atoms. The molecule has 0 amide bonds. The van der Waals surface area contributed by atoms with Gasteiger partial charge in [-0.15, -0.1) is 0 Å². The summed E-state index contributed by atoms with van der Waals surface area (Å²) in [5.41, 5.74) is 5.74. The lowest BCUT2D eigenvalue weighted by Crippen LogP contribution is -2.43. The normalized spacial score (nSPS) is 21.2. The molecule has 108 valence electrons. The van der Waals surface area contributed by atoms with Crippen LogP contribution < -0.4 is 5.73 Å². The minimum atomic E-state index is -0.355. The van der Waals surface area contributed by atoms with Crippen molar-refractivity contribution < 1.29 is 5.11 Å². The van der Waals surface area contributed by atoms with Crippen LogP contribution in [0.2, 0.25) is 0 Å². The van der Waals surface area contributed by atoms with Crippen LogP contribution in [0.4, 0.5) is 0 Å². The first-order chi connectivity index (χ1) is 8.59. The maximum Gasteiger partial charge on any atom is 0.0611 e. The molecule has 1 aliphatic carbocycles. The fraction of sp³-hybridized carbons (Fsp3) is 1.00. The predicted octanol–water partition coefficient (Wildman–Crippen LogP) is 2.38. The molecule has 0 bridgehead atoms. The highest BCUT2D eigenvalue weighted by Gasteiger charge is 2.21. The number of nitrogens with two attached hydrogens (primary N) is 1. The van der Waals surface area contributed by atoms with Gasteiger partial charge in [-0.3, -0.25) is 0 Å². The van der Waals surface area contributed by atoms with Crippen LogP contribution in [0.15, 0.2) is 0 Å². The van der Waals surface area contributed by atoms with Crippen molar-refractivity contribution in [3.8, 4) is 0 Å². The van der Waals surface area contributed by atoms with Crippen LogP contribution in [-0.4, -0.2) is 42.3 Å². The van der Waals surface area contributed by atoms with Gasteiger partial charge in [0.15, 0.2) is 0 Å². The van der Waals surface area contributed by atoms with Crippen LogP contribution in [0, 0.1) is 5.92 Å². The van der Waals surface area contributed by atoms with Gasteiger partial charge in [0.2, 0.25) is 0 Å². The van der Waals surface area contributed by atoms with Gasteiger partial charge in [0.05, 0.1) is 6.61 Å². The molecule has 1 atom stereocenters. The van der Waals surface area contributed by atoms with Gasteiger partial charge in [0, 0.05) is 12.1 Å². The van der Waals surface area contributed by atoms with E-state index >= 15 is 0 Å². The Morgan fingerprint density at radius 3 is 2.50 bits per heavy atom. The zero-order valence-corrected chi connectivity index (χ0v) is 12.3. The standard InChI is InChI=1S/C15H32N2O/c1-3-15(16,13-18)10-7-11-17(2)12-14-8-5-4-6-9-14/h14,18H,3-13,16H2,1-2H3. The van der Waals surface area contributed by atoms with Crippen molar-refractivity contribution in [3.05, 3.63) is 0 Å². The molecule has 1 aliphatic rings. The smallest absolute Gasteiger partial charge is 0.0611 e. The van der Waals surface area contributed by atoms with Crippen molar-refractivity contribution in [2.75, 3.05) is 26.7 Å². The largest absolute Gasteiger partial charge is 0.394 e. The SMILES string of the molecule is CCC(N)(CO)CCCN(C)CC1CCCCC1. The molecule has 1 rings (SSSR count). The van der Waals surface area contributed by atoms with Gasteiger partial charge in [-0.05, 0) is 51.6 Å². The fourth-order valence-corrected chi connectivity index (χ4v) is 2.97. The first-order valence-electron chi connectivity index (χ1n) is 7.68. The third kappa shape index (κ3) is 5.68. The zero-order valence-electron chi connectivity index (χ0n) is 12.3. The lowest BCUT2D eigenvalue weighted by molar-refractivity contribution is 0.170. The summed E-state index contributed by atoms with van der Waals surface area (Å²) in [5.74, 6) is 0.912. The highest BCUT2D eigenvalue weighted by molar-refractivity contribution is 4.81. The molecule has 1 saturated carbocycles. The molecule has 0 aromatic carbocycles. The Balaban J connectivity index is 2.14. The molecule has 3 heteroatoms. The average Bonchev–Trinajstić information content (AvgIpc) is 2.39. The van der Waals surface area contributed by atoms with E-state index in [9.17, 15) is 5.11 Å². The maximum atomic E-state index is 9.27. The molecule has 1 fully saturated rings. The number of hydrogen-bond acceptors (Lipinski definition) is 3.